The third-order valence-corrected chi connectivity index (χ3v) is 3.30. The van der Waals surface area contributed by atoms with E-state index in [1.54, 1.807) is 4.90 Å². The summed E-state index contributed by atoms with van der Waals surface area (Å²) in [6, 6.07) is 5.72. The van der Waals surface area contributed by atoms with Crippen LogP contribution in [0.1, 0.15) is 13.3 Å². The summed E-state index contributed by atoms with van der Waals surface area (Å²) in [4.78, 5) is 15.5. The first-order valence-corrected chi connectivity index (χ1v) is 6.63. The molecule has 0 saturated carbocycles. The molecule has 2 rings (SSSR count). The van der Waals surface area contributed by atoms with Gasteiger partial charge in [-0.2, -0.15) is 0 Å². The number of ether oxygens (including phenoxy) is 1. The van der Waals surface area contributed by atoms with Gasteiger partial charge in [-0.05, 0) is 18.6 Å². The summed E-state index contributed by atoms with van der Waals surface area (Å²) in [6.45, 7) is 4.59. The number of piperazine rings is 1. The monoisotopic (exact) mass is 263 g/mol. The van der Waals surface area contributed by atoms with Crippen molar-refractivity contribution in [1.29, 1.82) is 0 Å². The number of likely N-dealkylation sites (N-methyl/N-ethyl adjacent to an activating group) is 1. The maximum atomic E-state index is 11.8. The first-order valence-electron chi connectivity index (χ1n) is 6.63. The molecule has 104 valence electrons. The fourth-order valence-electron chi connectivity index (χ4n) is 2.11. The van der Waals surface area contributed by atoms with Crippen molar-refractivity contribution in [3.05, 3.63) is 18.2 Å². The number of hydrogen-bond donors (Lipinski definition) is 1. The predicted octanol–water partition coefficient (Wildman–Crippen LogP) is 1.34. The summed E-state index contributed by atoms with van der Waals surface area (Å²) < 4.78 is 5.62. The topological polar surface area (TPSA) is 58.8 Å². The molecule has 0 aliphatic carbocycles. The molecule has 1 fully saturated rings. The van der Waals surface area contributed by atoms with Gasteiger partial charge in [-0.1, -0.05) is 13.0 Å². The van der Waals surface area contributed by atoms with Gasteiger partial charge >= 0.3 is 0 Å². The normalized spacial score (nSPS) is 15.8. The molecular weight excluding hydrogens is 242 g/mol. The minimum absolute atomic E-state index is 0.116. The molecule has 19 heavy (non-hydrogen) atoms. The zero-order valence-corrected chi connectivity index (χ0v) is 11.6. The molecule has 5 nitrogen and oxygen atoms in total. The number of nitrogen functional groups attached to an aromatic ring is 1. The van der Waals surface area contributed by atoms with E-state index in [-0.39, 0.29) is 5.91 Å². The fraction of sp³-hybridized carbons (Fsp3) is 0.500. The minimum Gasteiger partial charge on any atom is -0.491 e. The number of carbonyl (C=O) groups is 1. The highest BCUT2D eigenvalue weighted by Crippen LogP contribution is 2.32. The van der Waals surface area contributed by atoms with Gasteiger partial charge in [-0.25, -0.2) is 0 Å². The number of rotatable bonds is 4. The smallest absolute Gasteiger partial charge is 0.241 e. The van der Waals surface area contributed by atoms with Crippen LogP contribution in [-0.2, 0) is 4.79 Å². The van der Waals surface area contributed by atoms with E-state index in [1.165, 1.54) is 0 Å². The van der Waals surface area contributed by atoms with Gasteiger partial charge in [-0.15, -0.1) is 0 Å². The Morgan fingerprint density at radius 2 is 2.16 bits per heavy atom. The first kappa shape index (κ1) is 13.5. The molecule has 2 N–H and O–H groups in total. The lowest BCUT2D eigenvalue weighted by Crippen LogP contribution is -2.48. The van der Waals surface area contributed by atoms with Gasteiger partial charge in [0.05, 0.1) is 24.5 Å². The van der Waals surface area contributed by atoms with Crippen molar-refractivity contribution in [3.8, 4) is 5.75 Å². The van der Waals surface area contributed by atoms with E-state index >= 15 is 0 Å². The van der Waals surface area contributed by atoms with Crippen LogP contribution >= 0.6 is 0 Å². The quantitative estimate of drug-likeness (QED) is 0.833. The average molecular weight is 263 g/mol. The Labute approximate surface area is 113 Å². The van der Waals surface area contributed by atoms with E-state index in [9.17, 15) is 4.79 Å². The van der Waals surface area contributed by atoms with Crippen LogP contribution < -0.4 is 15.4 Å². The highest BCUT2D eigenvalue weighted by atomic mass is 16.5. The molecule has 0 radical (unpaired) electrons. The lowest BCUT2D eigenvalue weighted by atomic mass is 10.2. The van der Waals surface area contributed by atoms with Crippen molar-refractivity contribution >= 4 is 17.3 Å². The summed E-state index contributed by atoms with van der Waals surface area (Å²) in [6.07, 6.45) is 0.941. The van der Waals surface area contributed by atoms with Crippen LogP contribution in [0, 0.1) is 0 Å². The van der Waals surface area contributed by atoms with Crippen molar-refractivity contribution in [2.45, 2.75) is 13.3 Å². The number of anilines is 2. The maximum Gasteiger partial charge on any atom is 0.241 e. The summed E-state index contributed by atoms with van der Waals surface area (Å²) in [5.41, 5.74) is 7.65. The Balaban J connectivity index is 2.18. The van der Waals surface area contributed by atoms with Crippen LogP contribution in [0.15, 0.2) is 18.2 Å². The Hall–Kier alpha value is -1.91. The van der Waals surface area contributed by atoms with Gasteiger partial charge in [0.1, 0.15) is 5.75 Å². The predicted molar refractivity (Wildman–Crippen MR) is 76.5 cm³/mol. The maximum absolute atomic E-state index is 11.8. The summed E-state index contributed by atoms with van der Waals surface area (Å²) in [7, 11) is 1.82. The van der Waals surface area contributed by atoms with Gasteiger partial charge in [0.25, 0.3) is 0 Å². The Morgan fingerprint density at radius 3 is 2.84 bits per heavy atom. The third-order valence-electron chi connectivity index (χ3n) is 3.30. The number of carbonyl (C=O) groups excluding carboxylic acids is 1. The van der Waals surface area contributed by atoms with Crippen LogP contribution in [0.4, 0.5) is 11.4 Å². The molecule has 1 aromatic rings. The van der Waals surface area contributed by atoms with Crippen LogP contribution in [-0.4, -0.2) is 44.1 Å². The van der Waals surface area contributed by atoms with Gasteiger partial charge in [0, 0.05) is 20.1 Å². The second kappa shape index (κ2) is 5.82. The highest BCUT2D eigenvalue weighted by molar-refractivity contribution is 5.85. The van der Waals surface area contributed by atoms with Gasteiger partial charge < -0.3 is 20.3 Å². The van der Waals surface area contributed by atoms with E-state index in [2.05, 4.69) is 6.92 Å². The number of nitrogens with two attached hydrogens (primary N) is 1. The summed E-state index contributed by atoms with van der Waals surface area (Å²) in [5.74, 6) is 0.816. The Morgan fingerprint density at radius 1 is 1.37 bits per heavy atom. The van der Waals surface area contributed by atoms with Gasteiger partial charge in [-0.3, -0.25) is 4.79 Å². The number of benzene rings is 1. The minimum atomic E-state index is 0.116. The standard InChI is InChI=1S/C14H21N3O2/c1-3-9-19-12-6-4-5-11(14(12)15)17-8-7-16(2)13(18)10-17/h4-6H,3,7-10,15H2,1-2H3. The molecule has 0 unspecified atom stereocenters. The molecule has 0 bridgehead atoms. The van der Waals surface area contributed by atoms with Crippen LogP contribution in [0.2, 0.25) is 0 Å². The molecule has 1 amide bonds. The van der Waals surface area contributed by atoms with E-state index in [0.717, 1.165) is 25.2 Å². The van der Waals surface area contributed by atoms with E-state index in [1.807, 2.05) is 30.1 Å². The zero-order chi connectivity index (χ0) is 13.8. The molecule has 1 saturated heterocycles. The lowest BCUT2D eigenvalue weighted by molar-refractivity contribution is -0.129. The SMILES string of the molecule is CCCOc1cccc(N2CCN(C)C(=O)C2)c1N. The van der Waals surface area contributed by atoms with E-state index in [4.69, 9.17) is 10.5 Å². The third kappa shape index (κ3) is 2.92. The van der Waals surface area contributed by atoms with Crippen LogP contribution in [0.3, 0.4) is 0 Å². The molecule has 5 heteroatoms. The Kier molecular flexibility index (Phi) is 4.14. The van der Waals surface area contributed by atoms with Gasteiger partial charge in [0.15, 0.2) is 0 Å². The van der Waals surface area contributed by atoms with Crippen molar-refractivity contribution in [1.82, 2.24) is 4.90 Å². The molecule has 1 aliphatic heterocycles. The average Bonchev–Trinajstić information content (AvgIpc) is 2.41. The van der Waals surface area contributed by atoms with Crippen molar-refractivity contribution < 1.29 is 9.53 Å². The number of para-hydroxylation sites is 1. The summed E-state index contributed by atoms with van der Waals surface area (Å²) in [5, 5.41) is 0. The molecule has 0 aromatic heterocycles. The van der Waals surface area contributed by atoms with Crippen LogP contribution in [0.25, 0.3) is 0 Å². The molecule has 0 atom stereocenters. The highest BCUT2D eigenvalue weighted by Gasteiger charge is 2.23. The number of hydrogen-bond acceptors (Lipinski definition) is 4. The van der Waals surface area contributed by atoms with Crippen LogP contribution in [0.5, 0.6) is 5.75 Å². The van der Waals surface area contributed by atoms with E-state index < -0.39 is 0 Å². The largest absolute Gasteiger partial charge is 0.491 e. The zero-order valence-electron chi connectivity index (χ0n) is 11.6. The summed E-state index contributed by atoms with van der Waals surface area (Å²) >= 11 is 0. The fourth-order valence-corrected chi connectivity index (χ4v) is 2.11. The van der Waals surface area contributed by atoms with Crippen molar-refractivity contribution in [2.24, 2.45) is 0 Å². The molecular formula is C14H21N3O2. The molecule has 1 heterocycles. The second-order valence-corrected chi connectivity index (χ2v) is 4.77. The van der Waals surface area contributed by atoms with Crippen molar-refractivity contribution in [3.63, 3.8) is 0 Å². The van der Waals surface area contributed by atoms with Crippen molar-refractivity contribution in [2.75, 3.05) is 43.9 Å². The lowest BCUT2D eigenvalue weighted by Gasteiger charge is -2.34. The second-order valence-electron chi connectivity index (χ2n) is 4.77. The number of amides is 1. The molecule has 0 spiro atoms. The molecule has 1 aliphatic rings. The van der Waals surface area contributed by atoms with E-state index in [0.29, 0.717) is 24.6 Å². The first-order chi connectivity index (χ1) is 9.13. The number of nitrogens with zero attached hydrogens (tertiary/aromatic N) is 2. The Bertz CT molecular complexity index is 462. The van der Waals surface area contributed by atoms with Gasteiger partial charge in [0.2, 0.25) is 5.91 Å². The molecule has 1 aromatic carbocycles.